The number of anilines is 1. The number of carbonyl (C=O) groups is 1. The number of carbonyl (C=O) groups excluding carboxylic acids is 1. The van der Waals surface area contributed by atoms with Gasteiger partial charge in [0.05, 0.1) is 10.6 Å². The van der Waals surface area contributed by atoms with Gasteiger partial charge in [0.15, 0.2) is 0 Å². The van der Waals surface area contributed by atoms with E-state index in [1.54, 1.807) is 24.3 Å². The lowest BCUT2D eigenvalue weighted by Crippen LogP contribution is -2.34. The van der Waals surface area contributed by atoms with E-state index in [0.717, 1.165) is 20.8 Å². The van der Waals surface area contributed by atoms with E-state index in [4.69, 9.17) is 9.47 Å². The summed E-state index contributed by atoms with van der Waals surface area (Å²) in [7, 11) is -3.78. The Morgan fingerprint density at radius 1 is 0.966 bits per heavy atom. The van der Waals surface area contributed by atoms with Gasteiger partial charge in [0.1, 0.15) is 25.5 Å². The predicted molar refractivity (Wildman–Crippen MR) is 111 cm³/mol. The maximum Gasteiger partial charge on any atom is 0.326 e. The number of ether oxygens (including phenoxy) is 2. The van der Waals surface area contributed by atoms with Crippen LogP contribution < -0.4 is 9.04 Å². The molecule has 3 aromatic carbocycles. The molecule has 4 rings (SSSR count). The average Bonchev–Trinajstić information content (AvgIpc) is 2.88. The van der Waals surface area contributed by atoms with Gasteiger partial charge in [0.2, 0.25) is 0 Å². The fourth-order valence-corrected chi connectivity index (χ4v) is 5.28. The Bertz CT molecular complexity index is 1180. The zero-order chi connectivity index (χ0) is 20.6. The highest BCUT2D eigenvalue weighted by atomic mass is 32.2. The van der Waals surface area contributed by atoms with Crippen molar-refractivity contribution in [3.63, 3.8) is 0 Å². The SMILES string of the molecule is Cc1cc(C)cc(OCCOC(=O)CN2c3cccc4cccc(c34)S2(=O)=O)c1. The summed E-state index contributed by atoms with van der Waals surface area (Å²) >= 11 is 0. The van der Waals surface area contributed by atoms with E-state index in [0.29, 0.717) is 16.8 Å². The van der Waals surface area contributed by atoms with Crippen LogP contribution in [0.5, 0.6) is 5.75 Å². The number of esters is 1. The van der Waals surface area contributed by atoms with Crippen LogP contribution in [0.2, 0.25) is 0 Å². The Labute approximate surface area is 169 Å². The van der Waals surface area contributed by atoms with Gasteiger partial charge in [0, 0.05) is 5.39 Å². The monoisotopic (exact) mass is 411 g/mol. The largest absolute Gasteiger partial charge is 0.490 e. The second-order valence-corrected chi connectivity index (χ2v) is 8.87. The summed E-state index contributed by atoms with van der Waals surface area (Å²) in [6.45, 7) is 3.82. The first-order valence-electron chi connectivity index (χ1n) is 9.27. The third-order valence-electron chi connectivity index (χ3n) is 4.76. The van der Waals surface area contributed by atoms with Crippen molar-refractivity contribution in [2.45, 2.75) is 18.7 Å². The van der Waals surface area contributed by atoms with Crippen LogP contribution in [-0.2, 0) is 19.6 Å². The zero-order valence-electron chi connectivity index (χ0n) is 16.2. The van der Waals surface area contributed by atoms with Gasteiger partial charge in [-0.15, -0.1) is 0 Å². The lowest BCUT2D eigenvalue weighted by molar-refractivity contribution is -0.142. The standard InChI is InChI=1S/C22H21NO5S/c1-15-11-16(2)13-18(12-15)27-9-10-28-21(24)14-23-19-7-3-5-17-6-4-8-20(22(17)19)29(23,25)26/h3-8,11-13H,9-10,14H2,1-2H3. The molecule has 0 bridgehead atoms. The molecule has 6 nitrogen and oxygen atoms in total. The fourth-order valence-electron chi connectivity index (χ4n) is 3.62. The Hall–Kier alpha value is -3.06. The van der Waals surface area contributed by atoms with Crippen LogP contribution in [0.15, 0.2) is 59.5 Å². The van der Waals surface area contributed by atoms with E-state index in [9.17, 15) is 13.2 Å². The predicted octanol–water partition coefficient (Wildman–Crippen LogP) is 3.59. The molecule has 0 unspecified atom stereocenters. The van der Waals surface area contributed by atoms with Crippen molar-refractivity contribution in [3.8, 4) is 5.75 Å². The molecule has 7 heteroatoms. The molecule has 0 saturated carbocycles. The van der Waals surface area contributed by atoms with Gasteiger partial charge in [-0.1, -0.05) is 30.3 Å². The van der Waals surface area contributed by atoms with Gasteiger partial charge in [-0.2, -0.15) is 0 Å². The van der Waals surface area contributed by atoms with Crippen LogP contribution in [-0.4, -0.2) is 34.1 Å². The summed E-state index contributed by atoms with van der Waals surface area (Å²) in [5.41, 5.74) is 2.68. The molecule has 1 heterocycles. The number of sulfonamides is 1. The molecule has 0 saturated heterocycles. The number of benzene rings is 3. The minimum absolute atomic E-state index is 0.0386. The van der Waals surface area contributed by atoms with E-state index in [2.05, 4.69) is 0 Å². The highest BCUT2D eigenvalue weighted by molar-refractivity contribution is 7.93. The molecule has 29 heavy (non-hydrogen) atoms. The molecule has 3 aromatic rings. The average molecular weight is 411 g/mol. The lowest BCUT2D eigenvalue weighted by atomic mass is 10.1. The van der Waals surface area contributed by atoms with E-state index in [1.807, 2.05) is 44.2 Å². The third kappa shape index (κ3) is 3.65. The summed E-state index contributed by atoms with van der Waals surface area (Å²) < 4.78 is 37.7. The van der Waals surface area contributed by atoms with Crippen LogP contribution >= 0.6 is 0 Å². The van der Waals surface area contributed by atoms with E-state index in [-0.39, 0.29) is 24.7 Å². The summed E-state index contributed by atoms with van der Waals surface area (Å²) in [4.78, 5) is 12.5. The van der Waals surface area contributed by atoms with E-state index >= 15 is 0 Å². The maximum atomic E-state index is 12.9. The topological polar surface area (TPSA) is 72.9 Å². The molecule has 0 N–H and O–H groups in total. The second kappa shape index (κ2) is 7.40. The number of nitrogens with zero attached hydrogens (tertiary/aromatic N) is 1. The Morgan fingerprint density at radius 3 is 2.38 bits per heavy atom. The first kappa shape index (κ1) is 19.3. The highest BCUT2D eigenvalue weighted by Gasteiger charge is 2.36. The highest BCUT2D eigenvalue weighted by Crippen LogP contribution is 2.41. The molecular weight excluding hydrogens is 390 g/mol. The summed E-state index contributed by atoms with van der Waals surface area (Å²) in [5, 5.41) is 1.46. The summed E-state index contributed by atoms with van der Waals surface area (Å²) in [6, 6.07) is 16.3. The fraction of sp³-hybridized carbons (Fsp3) is 0.227. The molecule has 150 valence electrons. The molecule has 0 aromatic heterocycles. The maximum absolute atomic E-state index is 12.9. The van der Waals surface area contributed by atoms with Gasteiger partial charge < -0.3 is 9.47 Å². The van der Waals surface area contributed by atoms with Gasteiger partial charge in [0.25, 0.3) is 10.0 Å². The molecule has 0 radical (unpaired) electrons. The molecule has 1 aliphatic heterocycles. The quantitative estimate of drug-likeness (QED) is 0.458. The smallest absolute Gasteiger partial charge is 0.326 e. The Morgan fingerprint density at radius 2 is 1.66 bits per heavy atom. The summed E-state index contributed by atoms with van der Waals surface area (Å²) in [5.74, 6) is 0.0882. The van der Waals surface area contributed by atoms with E-state index < -0.39 is 16.0 Å². The number of hydrogen-bond acceptors (Lipinski definition) is 5. The normalized spacial score (nSPS) is 14.2. The molecule has 1 aliphatic rings. The molecule has 0 aliphatic carbocycles. The van der Waals surface area contributed by atoms with Crippen molar-refractivity contribution in [2.75, 3.05) is 24.1 Å². The number of hydrogen-bond donors (Lipinski definition) is 0. The Kier molecular flexibility index (Phi) is 4.92. The minimum Gasteiger partial charge on any atom is -0.490 e. The first-order valence-corrected chi connectivity index (χ1v) is 10.7. The van der Waals surface area contributed by atoms with Crippen LogP contribution in [0.3, 0.4) is 0 Å². The van der Waals surface area contributed by atoms with Gasteiger partial charge in [-0.3, -0.25) is 9.10 Å². The molecule has 0 fully saturated rings. The van der Waals surface area contributed by atoms with Crippen molar-refractivity contribution in [2.24, 2.45) is 0 Å². The van der Waals surface area contributed by atoms with E-state index in [1.165, 1.54) is 0 Å². The van der Waals surface area contributed by atoms with Gasteiger partial charge >= 0.3 is 5.97 Å². The van der Waals surface area contributed by atoms with Crippen molar-refractivity contribution in [1.82, 2.24) is 0 Å². The number of rotatable bonds is 6. The number of aryl methyl sites for hydroxylation is 2. The molecule has 0 atom stereocenters. The van der Waals surface area contributed by atoms with Crippen LogP contribution in [0.25, 0.3) is 10.8 Å². The van der Waals surface area contributed by atoms with Crippen molar-refractivity contribution in [1.29, 1.82) is 0 Å². The van der Waals surface area contributed by atoms with Crippen LogP contribution in [0, 0.1) is 13.8 Å². The van der Waals surface area contributed by atoms with Crippen LogP contribution in [0.4, 0.5) is 5.69 Å². The zero-order valence-corrected chi connectivity index (χ0v) is 17.0. The molecular formula is C22H21NO5S. The molecule has 0 spiro atoms. The third-order valence-corrected chi connectivity index (χ3v) is 6.57. The lowest BCUT2D eigenvalue weighted by Gasteiger charge is -2.18. The van der Waals surface area contributed by atoms with Crippen molar-refractivity contribution >= 4 is 32.5 Å². The van der Waals surface area contributed by atoms with Gasteiger partial charge in [-0.05, 0) is 54.6 Å². The first-order chi connectivity index (χ1) is 13.9. The second-order valence-electron chi connectivity index (χ2n) is 7.04. The minimum atomic E-state index is -3.78. The summed E-state index contributed by atoms with van der Waals surface area (Å²) in [6.07, 6.45) is 0. The Balaban J connectivity index is 1.40. The van der Waals surface area contributed by atoms with Gasteiger partial charge in [-0.25, -0.2) is 8.42 Å². The van der Waals surface area contributed by atoms with Crippen LogP contribution in [0.1, 0.15) is 11.1 Å². The van der Waals surface area contributed by atoms with Crippen molar-refractivity contribution < 1.29 is 22.7 Å². The van der Waals surface area contributed by atoms with Crippen molar-refractivity contribution in [3.05, 3.63) is 65.7 Å². The molecule has 0 amide bonds.